The third-order valence-electron chi connectivity index (χ3n) is 2.64. The van der Waals surface area contributed by atoms with Crippen molar-refractivity contribution in [2.75, 3.05) is 6.61 Å². The molecule has 0 bridgehead atoms. The van der Waals surface area contributed by atoms with Crippen LogP contribution in [0, 0.1) is 12.8 Å². The minimum Gasteiger partial charge on any atom is -0.396 e. The number of hydrogen-bond donors (Lipinski definition) is 1. The lowest BCUT2D eigenvalue weighted by atomic mass is 10.1. The largest absolute Gasteiger partial charge is 0.396 e. The molecule has 0 saturated heterocycles. The maximum Gasteiger partial charge on any atom is 0.0465 e. The van der Waals surface area contributed by atoms with Crippen molar-refractivity contribution in [3.8, 4) is 0 Å². The fourth-order valence-electron chi connectivity index (χ4n) is 1.97. The van der Waals surface area contributed by atoms with Crippen molar-refractivity contribution in [2.45, 2.75) is 19.8 Å². The smallest absolute Gasteiger partial charge is 0.0465 e. The molecule has 1 aliphatic carbocycles. The first-order chi connectivity index (χ1) is 5.79. The molecule has 0 amide bonds. The average Bonchev–Trinajstić information content (AvgIpc) is 2.46. The highest BCUT2D eigenvalue weighted by Gasteiger charge is 2.19. The first-order valence-corrected chi connectivity index (χ1v) is 4.49. The van der Waals surface area contributed by atoms with Gasteiger partial charge in [0.05, 0.1) is 0 Å². The number of fused-ring (bicyclic) bond motifs is 1. The van der Waals surface area contributed by atoms with Crippen LogP contribution in [0.3, 0.4) is 0 Å². The molecule has 0 unspecified atom stereocenters. The van der Waals surface area contributed by atoms with Gasteiger partial charge >= 0.3 is 0 Å². The van der Waals surface area contributed by atoms with Crippen molar-refractivity contribution >= 4 is 0 Å². The Labute approximate surface area is 73.0 Å². The van der Waals surface area contributed by atoms with Crippen molar-refractivity contribution in [1.29, 1.82) is 0 Å². The summed E-state index contributed by atoms with van der Waals surface area (Å²) in [6, 6.07) is 6.59. The van der Waals surface area contributed by atoms with Gasteiger partial charge in [0.1, 0.15) is 0 Å². The molecule has 1 N–H and O–H groups in total. The van der Waals surface area contributed by atoms with Gasteiger partial charge < -0.3 is 5.11 Å². The topological polar surface area (TPSA) is 20.2 Å². The molecule has 1 aliphatic rings. The summed E-state index contributed by atoms with van der Waals surface area (Å²) >= 11 is 0. The number of aliphatic hydroxyl groups excluding tert-OH is 1. The lowest BCUT2D eigenvalue weighted by molar-refractivity contribution is 0.232. The molecule has 0 fully saturated rings. The quantitative estimate of drug-likeness (QED) is 0.666. The molecule has 2 rings (SSSR count). The number of hydrogen-bond acceptors (Lipinski definition) is 1. The molecule has 0 aliphatic heterocycles. The molecule has 1 aromatic rings. The molecule has 1 heteroatoms. The van der Waals surface area contributed by atoms with Crippen molar-refractivity contribution < 1.29 is 5.11 Å². The van der Waals surface area contributed by atoms with Crippen molar-refractivity contribution in [3.05, 3.63) is 34.9 Å². The summed E-state index contributed by atoms with van der Waals surface area (Å²) < 4.78 is 0. The lowest BCUT2D eigenvalue weighted by Gasteiger charge is -2.00. The number of rotatable bonds is 1. The van der Waals surface area contributed by atoms with Gasteiger partial charge in [-0.15, -0.1) is 0 Å². The minimum absolute atomic E-state index is 0.327. The highest BCUT2D eigenvalue weighted by molar-refractivity contribution is 5.35. The molecule has 1 nitrogen and oxygen atoms in total. The van der Waals surface area contributed by atoms with Crippen LogP contribution >= 0.6 is 0 Å². The van der Waals surface area contributed by atoms with Crippen LogP contribution < -0.4 is 0 Å². The van der Waals surface area contributed by atoms with E-state index in [-0.39, 0.29) is 0 Å². The van der Waals surface area contributed by atoms with Gasteiger partial charge in [-0.1, -0.05) is 23.8 Å². The summed E-state index contributed by atoms with van der Waals surface area (Å²) in [5.74, 6) is 0.474. The number of aryl methyl sites for hydroxylation is 1. The van der Waals surface area contributed by atoms with E-state index in [1.54, 1.807) is 0 Å². The minimum atomic E-state index is 0.327. The van der Waals surface area contributed by atoms with E-state index in [9.17, 15) is 0 Å². The van der Waals surface area contributed by atoms with E-state index in [0.717, 1.165) is 12.8 Å². The van der Waals surface area contributed by atoms with Gasteiger partial charge in [0.25, 0.3) is 0 Å². The fraction of sp³-hybridized carbons (Fsp3) is 0.455. The van der Waals surface area contributed by atoms with Crippen molar-refractivity contribution in [3.63, 3.8) is 0 Å². The fourth-order valence-corrected chi connectivity index (χ4v) is 1.97. The Balaban J connectivity index is 2.30. The second-order valence-corrected chi connectivity index (χ2v) is 3.73. The van der Waals surface area contributed by atoms with Gasteiger partial charge in [0.2, 0.25) is 0 Å². The summed E-state index contributed by atoms with van der Waals surface area (Å²) in [5, 5.41) is 9.01. The summed E-state index contributed by atoms with van der Waals surface area (Å²) in [4.78, 5) is 0. The zero-order chi connectivity index (χ0) is 8.55. The third-order valence-corrected chi connectivity index (χ3v) is 2.64. The first-order valence-electron chi connectivity index (χ1n) is 4.49. The molecular formula is C11H14O. The monoisotopic (exact) mass is 162 g/mol. The Morgan fingerprint density at radius 3 is 2.83 bits per heavy atom. The highest BCUT2D eigenvalue weighted by atomic mass is 16.3. The molecule has 64 valence electrons. The maximum absolute atomic E-state index is 9.01. The maximum atomic E-state index is 9.01. The van der Waals surface area contributed by atoms with Gasteiger partial charge in [-0.05, 0) is 36.8 Å². The Bertz CT molecular complexity index is 291. The summed E-state index contributed by atoms with van der Waals surface area (Å²) in [6.07, 6.45) is 2.12. The van der Waals surface area contributed by atoms with Crippen LogP contribution in [0.4, 0.5) is 0 Å². The van der Waals surface area contributed by atoms with Gasteiger partial charge in [-0.2, -0.15) is 0 Å². The van der Waals surface area contributed by atoms with Gasteiger partial charge in [0, 0.05) is 6.61 Å². The molecule has 0 saturated carbocycles. The van der Waals surface area contributed by atoms with E-state index in [4.69, 9.17) is 5.11 Å². The van der Waals surface area contributed by atoms with Crippen LogP contribution in [0.25, 0.3) is 0 Å². The van der Waals surface area contributed by atoms with Crippen LogP contribution in [0.1, 0.15) is 16.7 Å². The van der Waals surface area contributed by atoms with Crippen LogP contribution in [0.5, 0.6) is 0 Å². The van der Waals surface area contributed by atoms with E-state index in [1.807, 2.05) is 0 Å². The standard InChI is InChI=1S/C11H14O/c1-8-2-3-10-5-9(7-12)6-11(10)4-8/h2-4,9,12H,5-7H2,1H3/t9-/m1/s1. The molecule has 0 spiro atoms. The molecular weight excluding hydrogens is 148 g/mol. The zero-order valence-corrected chi connectivity index (χ0v) is 7.38. The predicted molar refractivity (Wildman–Crippen MR) is 49.2 cm³/mol. The van der Waals surface area contributed by atoms with E-state index >= 15 is 0 Å². The molecule has 0 radical (unpaired) electrons. The van der Waals surface area contributed by atoms with Crippen molar-refractivity contribution in [2.24, 2.45) is 5.92 Å². The van der Waals surface area contributed by atoms with E-state index in [1.165, 1.54) is 16.7 Å². The number of benzene rings is 1. The van der Waals surface area contributed by atoms with Crippen LogP contribution in [-0.2, 0) is 12.8 Å². The van der Waals surface area contributed by atoms with Gasteiger partial charge in [-0.3, -0.25) is 0 Å². The van der Waals surface area contributed by atoms with Crippen LogP contribution in [0.15, 0.2) is 18.2 Å². The molecule has 1 aromatic carbocycles. The van der Waals surface area contributed by atoms with Crippen LogP contribution in [0.2, 0.25) is 0 Å². The van der Waals surface area contributed by atoms with Crippen LogP contribution in [-0.4, -0.2) is 11.7 Å². The van der Waals surface area contributed by atoms with Crippen molar-refractivity contribution in [1.82, 2.24) is 0 Å². The van der Waals surface area contributed by atoms with E-state index < -0.39 is 0 Å². The molecule has 0 heterocycles. The second-order valence-electron chi connectivity index (χ2n) is 3.73. The Hall–Kier alpha value is -0.820. The molecule has 0 aromatic heterocycles. The Morgan fingerprint density at radius 1 is 1.33 bits per heavy atom. The van der Waals surface area contributed by atoms with Gasteiger partial charge in [0.15, 0.2) is 0 Å². The predicted octanol–water partition coefficient (Wildman–Crippen LogP) is 1.70. The first kappa shape index (κ1) is 7.81. The zero-order valence-electron chi connectivity index (χ0n) is 7.38. The Morgan fingerprint density at radius 2 is 2.08 bits per heavy atom. The van der Waals surface area contributed by atoms with E-state index in [0.29, 0.717) is 12.5 Å². The SMILES string of the molecule is Cc1ccc2c(c1)C[C@H](CO)C2. The van der Waals surface area contributed by atoms with E-state index in [2.05, 4.69) is 25.1 Å². The average molecular weight is 162 g/mol. The number of aliphatic hydroxyl groups is 1. The third kappa shape index (κ3) is 1.25. The van der Waals surface area contributed by atoms with Gasteiger partial charge in [-0.25, -0.2) is 0 Å². The normalized spacial score (nSPS) is 21.0. The summed E-state index contributed by atoms with van der Waals surface area (Å²) in [6.45, 7) is 2.44. The second kappa shape index (κ2) is 2.91. The highest BCUT2D eigenvalue weighted by Crippen LogP contribution is 2.26. The lowest BCUT2D eigenvalue weighted by Crippen LogP contribution is -2.04. The summed E-state index contributed by atoms with van der Waals surface area (Å²) in [7, 11) is 0. The molecule has 1 atom stereocenters. The Kier molecular flexibility index (Phi) is 1.89. The molecule has 12 heavy (non-hydrogen) atoms. The summed E-state index contributed by atoms with van der Waals surface area (Å²) in [5.41, 5.74) is 4.20.